The first-order valence-electron chi connectivity index (χ1n) is 7.22. The van der Waals surface area contributed by atoms with Gasteiger partial charge in [0.15, 0.2) is 0 Å². The van der Waals surface area contributed by atoms with Crippen LogP contribution in [0.5, 0.6) is 5.95 Å². The quantitative estimate of drug-likeness (QED) is 0.865. The van der Waals surface area contributed by atoms with Crippen LogP contribution in [0.2, 0.25) is 0 Å². The van der Waals surface area contributed by atoms with Crippen LogP contribution in [0.1, 0.15) is 23.6 Å². The second kappa shape index (κ2) is 6.14. The molecule has 4 nitrogen and oxygen atoms in total. The molecule has 1 aliphatic rings. The molecule has 0 bridgehead atoms. The highest BCUT2D eigenvalue weighted by Crippen LogP contribution is 2.28. The minimum absolute atomic E-state index is 0.517. The molecule has 1 aliphatic heterocycles. The highest BCUT2D eigenvalue weighted by atomic mass is 16.6. The maximum Gasteiger partial charge on any atom is 0.308 e. The number of hydrogen-bond donors (Lipinski definition) is 0. The average Bonchev–Trinajstić information content (AvgIpc) is 2.91. The molecule has 0 saturated heterocycles. The van der Waals surface area contributed by atoms with Crippen LogP contribution in [0.4, 0.5) is 0 Å². The monoisotopic (exact) mass is 284 g/mol. The summed E-state index contributed by atoms with van der Waals surface area (Å²) in [6.45, 7) is 1.95. The van der Waals surface area contributed by atoms with Crippen LogP contribution in [0.15, 0.2) is 40.8 Å². The van der Waals surface area contributed by atoms with Gasteiger partial charge in [-0.05, 0) is 19.0 Å². The Morgan fingerprint density at radius 1 is 1.29 bits per heavy atom. The Kier molecular flexibility index (Phi) is 4.06. The standard InChI is InChI=1S/C17H20N2O2/c1-19-10-6-9-14(12-19)16-18-15(17(20-2)21-16)11-13-7-4-3-5-8-13/h3-5,7-9H,6,10-12H2,1-2H3. The molecule has 0 atom stereocenters. The van der Waals surface area contributed by atoms with Gasteiger partial charge in [-0.3, -0.25) is 0 Å². The smallest absolute Gasteiger partial charge is 0.308 e. The summed E-state index contributed by atoms with van der Waals surface area (Å²) in [5, 5.41) is 0. The Balaban J connectivity index is 1.86. The van der Waals surface area contributed by atoms with E-state index in [2.05, 4.69) is 35.1 Å². The molecule has 4 heteroatoms. The first kappa shape index (κ1) is 13.9. The number of methoxy groups -OCH3 is 1. The van der Waals surface area contributed by atoms with Crippen LogP contribution in [0.3, 0.4) is 0 Å². The van der Waals surface area contributed by atoms with Gasteiger partial charge in [-0.1, -0.05) is 36.4 Å². The second-order valence-corrected chi connectivity index (χ2v) is 5.38. The summed E-state index contributed by atoms with van der Waals surface area (Å²) in [4.78, 5) is 6.91. The van der Waals surface area contributed by atoms with E-state index < -0.39 is 0 Å². The van der Waals surface area contributed by atoms with Crippen LogP contribution in [-0.4, -0.2) is 37.1 Å². The minimum Gasteiger partial charge on any atom is -0.467 e. The Hall–Kier alpha value is -2.07. The minimum atomic E-state index is 0.517. The van der Waals surface area contributed by atoms with E-state index in [1.165, 1.54) is 5.56 Å². The fourth-order valence-corrected chi connectivity index (χ4v) is 2.58. The number of hydrogen-bond acceptors (Lipinski definition) is 4. The highest BCUT2D eigenvalue weighted by Gasteiger charge is 2.19. The van der Waals surface area contributed by atoms with Gasteiger partial charge in [0.2, 0.25) is 5.89 Å². The van der Waals surface area contributed by atoms with Gasteiger partial charge in [0, 0.05) is 25.1 Å². The Morgan fingerprint density at radius 3 is 2.81 bits per heavy atom. The molecule has 3 rings (SSSR count). The first-order valence-corrected chi connectivity index (χ1v) is 7.22. The fourth-order valence-electron chi connectivity index (χ4n) is 2.58. The lowest BCUT2D eigenvalue weighted by Gasteiger charge is -2.20. The fraction of sp³-hybridized carbons (Fsp3) is 0.353. The van der Waals surface area contributed by atoms with Crippen LogP contribution < -0.4 is 4.74 Å². The van der Waals surface area contributed by atoms with Crippen molar-refractivity contribution in [2.45, 2.75) is 12.8 Å². The third-order valence-electron chi connectivity index (χ3n) is 3.68. The van der Waals surface area contributed by atoms with E-state index in [-0.39, 0.29) is 0 Å². The summed E-state index contributed by atoms with van der Waals surface area (Å²) in [5.74, 6) is 1.20. The van der Waals surface area contributed by atoms with Crippen molar-refractivity contribution in [1.29, 1.82) is 0 Å². The van der Waals surface area contributed by atoms with Crippen molar-refractivity contribution in [3.63, 3.8) is 0 Å². The summed E-state index contributed by atoms with van der Waals surface area (Å²) in [5.41, 5.74) is 3.19. The Bertz CT molecular complexity index is 631. The summed E-state index contributed by atoms with van der Waals surface area (Å²) in [6, 6.07) is 10.2. The van der Waals surface area contributed by atoms with Gasteiger partial charge < -0.3 is 14.1 Å². The molecule has 0 fully saturated rings. The van der Waals surface area contributed by atoms with E-state index in [9.17, 15) is 0 Å². The number of rotatable bonds is 4. The van der Waals surface area contributed by atoms with Crippen molar-refractivity contribution in [2.75, 3.05) is 27.2 Å². The number of ether oxygens (including phenoxy) is 1. The molecule has 2 aromatic rings. The predicted octanol–water partition coefficient (Wildman–Crippen LogP) is 2.99. The molecule has 0 spiro atoms. The van der Waals surface area contributed by atoms with Gasteiger partial charge >= 0.3 is 5.95 Å². The molecule has 0 radical (unpaired) electrons. The van der Waals surface area contributed by atoms with Gasteiger partial charge in [0.25, 0.3) is 0 Å². The lowest BCUT2D eigenvalue weighted by Crippen LogP contribution is -2.25. The van der Waals surface area contributed by atoms with Gasteiger partial charge in [-0.15, -0.1) is 0 Å². The topological polar surface area (TPSA) is 38.5 Å². The molecular formula is C17H20N2O2. The van der Waals surface area contributed by atoms with Crippen LogP contribution in [0.25, 0.3) is 5.57 Å². The zero-order chi connectivity index (χ0) is 14.7. The van der Waals surface area contributed by atoms with E-state index in [1.807, 2.05) is 18.2 Å². The van der Waals surface area contributed by atoms with Crippen LogP contribution in [-0.2, 0) is 6.42 Å². The SMILES string of the molecule is COc1oc(C2=CCCN(C)C2)nc1Cc1ccccc1. The maximum absolute atomic E-state index is 5.80. The number of oxazole rings is 1. The zero-order valence-electron chi connectivity index (χ0n) is 12.5. The number of likely N-dealkylation sites (N-methyl/N-ethyl adjacent to an activating group) is 1. The van der Waals surface area contributed by atoms with Gasteiger partial charge in [0.05, 0.1) is 7.11 Å². The van der Waals surface area contributed by atoms with Gasteiger partial charge in [-0.25, -0.2) is 4.98 Å². The normalized spacial score (nSPS) is 15.8. The maximum atomic E-state index is 5.80. The molecular weight excluding hydrogens is 264 g/mol. The van der Waals surface area contributed by atoms with Crippen molar-refractivity contribution in [3.8, 4) is 5.95 Å². The molecule has 21 heavy (non-hydrogen) atoms. The molecule has 1 aromatic heterocycles. The molecule has 0 unspecified atom stereocenters. The van der Waals surface area contributed by atoms with Gasteiger partial charge in [0.1, 0.15) is 5.69 Å². The lowest BCUT2D eigenvalue weighted by atomic mass is 10.1. The molecule has 0 amide bonds. The molecule has 0 aliphatic carbocycles. The van der Waals surface area contributed by atoms with Crippen molar-refractivity contribution < 1.29 is 9.15 Å². The van der Waals surface area contributed by atoms with E-state index in [0.29, 0.717) is 11.8 Å². The van der Waals surface area contributed by atoms with E-state index in [1.54, 1.807) is 7.11 Å². The van der Waals surface area contributed by atoms with Gasteiger partial charge in [-0.2, -0.15) is 0 Å². The van der Waals surface area contributed by atoms with Crippen LogP contribution >= 0.6 is 0 Å². The zero-order valence-corrected chi connectivity index (χ0v) is 12.5. The third kappa shape index (κ3) is 3.16. The third-order valence-corrected chi connectivity index (χ3v) is 3.68. The second-order valence-electron chi connectivity index (χ2n) is 5.38. The summed E-state index contributed by atoms with van der Waals surface area (Å²) < 4.78 is 11.1. The number of aromatic nitrogens is 1. The van der Waals surface area contributed by atoms with Crippen molar-refractivity contribution in [3.05, 3.63) is 53.6 Å². The lowest BCUT2D eigenvalue weighted by molar-refractivity contribution is 0.295. The Morgan fingerprint density at radius 2 is 2.10 bits per heavy atom. The molecule has 0 N–H and O–H groups in total. The molecule has 1 aromatic carbocycles. The van der Waals surface area contributed by atoms with E-state index >= 15 is 0 Å². The first-order chi connectivity index (χ1) is 10.3. The number of benzene rings is 1. The molecule has 110 valence electrons. The van der Waals surface area contributed by atoms with Crippen molar-refractivity contribution >= 4 is 5.57 Å². The van der Waals surface area contributed by atoms with Crippen LogP contribution in [0, 0.1) is 0 Å². The highest BCUT2D eigenvalue weighted by molar-refractivity contribution is 5.61. The Labute approximate surface area is 125 Å². The van der Waals surface area contributed by atoms with E-state index in [0.717, 1.165) is 37.2 Å². The molecule has 2 heterocycles. The summed E-state index contributed by atoms with van der Waals surface area (Å²) >= 11 is 0. The van der Waals surface area contributed by atoms with Crippen molar-refractivity contribution in [1.82, 2.24) is 9.88 Å². The number of nitrogens with zero attached hydrogens (tertiary/aromatic N) is 2. The van der Waals surface area contributed by atoms with Crippen molar-refractivity contribution in [2.24, 2.45) is 0 Å². The largest absolute Gasteiger partial charge is 0.467 e. The molecule has 0 saturated carbocycles. The predicted molar refractivity (Wildman–Crippen MR) is 82.4 cm³/mol. The summed E-state index contributed by atoms with van der Waals surface area (Å²) in [6.07, 6.45) is 3.96. The summed E-state index contributed by atoms with van der Waals surface area (Å²) in [7, 11) is 3.73. The van der Waals surface area contributed by atoms with E-state index in [4.69, 9.17) is 9.15 Å². The average molecular weight is 284 g/mol.